The standard InChI is InChI=1S/C25H30BN3O2/c1-27(2)20-11-7-18(8-12-20)25(19-9-13-21(14-10-19)28(3)4)23-16-15-22(29(5)6)17-24(23)26(30)31-25/h7-17,30H,1-6H3. The van der Waals surface area contributed by atoms with Crippen LogP contribution < -0.4 is 20.2 Å². The third-order valence-electron chi connectivity index (χ3n) is 6.07. The zero-order valence-electron chi connectivity index (χ0n) is 19.1. The van der Waals surface area contributed by atoms with Crippen LogP contribution >= 0.6 is 0 Å². The summed E-state index contributed by atoms with van der Waals surface area (Å²) in [7, 11) is 11.1. The van der Waals surface area contributed by atoms with Crippen molar-refractivity contribution in [3.05, 3.63) is 83.4 Å². The molecule has 4 rings (SSSR count). The van der Waals surface area contributed by atoms with E-state index < -0.39 is 12.7 Å². The van der Waals surface area contributed by atoms with Crippen molar-refractivity contribution >= 4 is 29.6 Å². The molecule has 5 nitrogen and oxygen atoms in total. The van der Waals surface area contributed by atoms with Gasteiger partial charge in [-0.05, 0) is 58.6 Å². The molecule has 1 heterocycles. The molecule has 0 bridgehead atoms. The minimum Gasteiger partial charge on any atom is -0.423 e. The van der Waals surface area contributed by atoms with E-state index in [2.05, 4.69) is 70.5 Å². The van der Waals surface area contributed by atoms with Gasteiger partial charge in [0, 0.05) is 59.3 Å². The molecule has 0 atom stereocenters. The minimum atomic E-state index is -1.00. The summed E-state index contributed by atoms with van der Waals surface area (Å²) >= 11 is 0. The van der Waals surface area contributed by atoms with E-state index in [-0.39, 0.29) is 0 Å². The summed E-state index contributed by atoms with van der Waals surface area (Å²) in [5, 5.41) is 11.0. The molecule has 3 aromatic carbocycles. The van der Waals surface area contributed by atoms with Crippen LogP contribution in [-0.2, 0) is 10.3 Å². The van der Waals surface area contributed by atoms with Gasteiger partial charge in [0.05, 0.1) is 0 Å². The van der Waals surface area contributed by atoms with Crippen molar-refractivity contribution in [3.63, 3.8) is 0 Å². The van der Waals surface area contributed by atoms with Crippen LogP contribution in [0.15, 0.2) is 66.7 Å². The number of nitrogens with zero attached hydrogens (tertiary/aromatic N) is 3. The number of anilines is 3. The van der Waals surface area contributed by atoms with Gasteiger partial charge in [-0.25, -0.2) is 0 Å². The monoisotopic (exact) mass is 415 g/mol. The molecule has 0 aromatic heterocycles. The third-order valence-corrected chi connectivity index (χ3v) is 6.07. The predicted molar refractivity (Wildman–Crippen MR) is 131 cm³/mol. The second kappa shape index (κ2) is 7.95. The van der Waals surface area contributed by atoms with Crippen molar-refractivity contribution in [2.75, 3.05) is 57.0 Å². The molecule has 6 heteroatoms. The first-order valence-electron chi connectivity index (χ1n) is 10.5. The fourth-order valence-electron chi connectivity index (χ4n) is 4.25. The molecule has 3 aromatic rings. The lowest BCUT2D eigenvalue weighted by Gasteiger charge is -2.33. The molecule has 0 radical (unpaired) electrons. The van der Waals surface area contributed by atoms with Crippen LogP contribution in [0.2, 0.25) is 0 Å². The zero-order valence-corrected chi connectivity index (χ0v) is 19.1. The molecule has 0 unspecified atom stereocenters. The van der Waals surface area contributed by atoms with Gasteiger partial charge >= 0.3 is 7.12 Å². The SMILES string of the molecule is CN(C)c1ccc(C2(c3ccc(N(C)C)cc3)OB(O)c3cc(N(C)C)ccc32)cc1. The van der Waals surface area contributed by atoms with E-state index in [0.717, 1.165) is 39.2 Å². The largest absolute Gasteiger partial charge is 0.492 e. The molecule has 160 valence electrons. The van der Waals surface area contributed by atoms with E-state index in [4.69, 9.17) is 4.65 Å². The number of rotatable bonds is 5. The van der Waals surface area contributed by atoms with Crippen molar-refractivity contribution in [1.82, 2.24) is 0 Å². The van der Waals surface area contributed by atoms with Gasteiger partial charge in [-0.1, -0.05) is 30.3 Å². The molecule has 0 fully saturated rings. The van der Waals surface area contributed by atoms with Crippen molar-refractivity contribution in [1.29, 1.82) is 0 Å². The van der Waals surface area contributed by atoms with Crippen LogP contribution in [-0.4, -0.2) is 54.4 Å². The van der Waals surface area contributed by atoms with Crippen molar-refractivity contribution in [2.45, 2.75) is 5.60 Å². The second-order valence-corrected chi connectivity index (χ2v) is 8.70. The van der Waals surface area contributed by atoms with Gasteiger partial charge in [0.2, 0.25) is 0 Å². The molecule has 0 saturated heterocycles. The molecule has 1 N–H and O–H groups in total. The Morgan fingerprint density at radius 2 is 1.06 bits per heavy atom. The van der Waals surface area contributed by atoms with Gasteiger partial charge < -0.3 is 24.4 Å². The van der Waals surface area contributed by atoms with Crippen molar-refractivity contribution in [3.8, 4) is 0 Å². The maximum atomic E-state index is 11.0. The van der Waals surface area contributed by atoms with Gasteiger partial charge in [-0.15, -0.1) is 0 Å². The van der Waals surface area contributed by atoms with Crippen LogP contribution in [0.25, 0.3) is 0 Å². The fourth-order valence-corrected chi connectivity index (χ4v) is 4.25. The average Bonchev–Trinajstić information content (AvgIpc) is 3.06. The lowest BCUT2D eigenvalue weighted by molar-refractivity contribution is 0.144. The highest BCUT2D eigenvalue weighted by Gasteiger charge is 2.49. The van der Waals surface area contributed by atoms with E-state index in [0.29, 0.717) is 0 Å². The van der Waals surface area contributed by atoms with Crippen molar-refractivity contribution < 1.29 is 9.68 Å². The Balaban J connectivity index is 1.93. The maximum absolute atomic E-state index is 11.0. The molecular weight excluding hydrogens is 385 g/mol. The lowest BCUT2D eigenvalue weighted by atomic mass is 9.75. The molecule has 1 aliphatic rings. The fraction of sp³-hybridized carbons (Fsp3) is 0.280. The van der Waals surface area contributed by atoms with Crippen LogP contribution in [0.4, 0.5) is 17.1 Å². The summed E-state index contributed by atoms with van der Waals surface area (Å²) in [6.45, 7) is 0. The Morgan fingerprint density at radius 1 is 0.645 bits per heavy atom. The van der Waals surface area contributed by atoms with E-state index in [1.54, 1.807) is 0 Å². The molecule has 0 aliphatic carbocycles. The minimum absolute atomic E-state index is 0.805. The molecule has 0 amide bonds. The number of benzene rings is 3. The van der Waals surface area contributed by atoms with Gasteiger partial charge in [0.1, 0.15) is 5.60 Å². The first-order chi connectivity index (χ1) is 14.7. The molecule has 1 aliphatic heterocycles. The quantitative estimate of drug-likeness (QED) is 0.649. The predicted octanol–water partition coefficient (Wildman–Crippen LogP) is 2.89. The Kier molecular flexibility index (Phi) is 5.46. The first kappa shape index (κ1) is 21.3. The summed E-state index contributed by atoms with van der Waals surface area (Å²) in [4.78, 5) is 6.18. The van der Waals surface area contributed by atoms with Crippen LogP contribution in [0.3, 0.4) is 0 Å². The number of hydrogen-bond acceptors (Lipinski definition) is 5. The second-order valence-electron chi connectivity index (χ2n) is 8.70. The van der Waals surface area contributed by atoms with Crippen LogP contribution in [0, 0.1) is 0 Å². The van der Waals surface area contributed by atoms with Gasteiger partial charge in [0.15, 0.2) is 0 Å². The summed E-state index contributed by atoms with van der Waals surface area (Å²) < 4.78 is 6.44. The smallest absolute Gasteiger partial charge is 0.423 e. The molecule has 0 spiro atoms. The van der Waals surface area contributed by atoms with E-state index in [1.165, 1.54) is 0 Å². The van der Waals surface area contributed by atoms with Gasteiger partial charge in [-0.3, -0.25) is 0 Å². The van der Waals surface area contributed by atoms with Crippen LogP contribution in [0.1, 0.15) is 16.7 Å². The van der Waals surface area contributed by atoms with Crippen LogP contribution in [0.5, 0.6) is 0 Å². The van der Waals surface area contributed by atoms with Crippen molar-refractivity contribution in [2.24, 2.45) is 0 Å². The zero-order chi connectivity index (χ0) is 22.3. The summed E-state index contributed by atoms with van der Waals surface area (Å²) in [6, 6.07) is 22.9. The highest BCUT2D eigenvalue weighted by molar-refractivity contribution is 6.62. The summed E-state index contributed by atoms with van der Waals surface area (Å²) in [6.07, 6.45) is 0. The summed E-state index contributed by atoms with van der Waals surface area (Å²) in [5.74, 6) is 0. The third kappa shape index (κ3) is 3.56. The number of hydrogen-bond donors (Lipinski definition) is 1. The Bertz CT molecular complexity index is 1010. The van der Waals surface area contributed by atoms with Gasteiger partial charge in [0.25, 0.3) is 0 Å². The first-order valence-corrected chi connectivity index (χ1v) is 10.5. The lowest BCUT2D eigenvalue weighted by Crippen LogP contribution is -2.32. The maximum Gasteiger partial charge on any atom is 0.492 e. The Morgan fingerprint density at radius 3 is 1.48 bits per heavy atom. The van der Waals surface area contributed by atoms with E-state index in [9.17, 15) is 5.02 Å². The average molecular weight is 415 g/mol. The molecule has 31 heavy (non-hydrogen) atoms. The van der Waals surface area contributed by atoms with Gasteiger partial charge in [-0.2, -0.15) is 0 Å². The number of fused-ring (bicyclic) bond motifs is 1. The molecular formula is C25H30BN3O2. The molecule has 0 saturated carbocycles. The van der Waals surface area contributed by atoms with E-state index >= 15 is 0 Å². The highest BCUT2D eigenvalue weighted by atomic mass is 16.5. The van der Waals surface area contributed by atoms with E-state index in [1.807, 2.05) is 53.3 Å². The Hall–Kier alpha value is -2.96. The summed E-state index contributed by atoms with van der Waals surface area (Å²) in [5.41, 5.74) is 6.14. The topological polar surface area (TPSA) is 39.2 Å². The normalized spacial score (nSPS) is 14.4. The highest BCUT2D eigenvalue weighted by Crippen LogP contribution is 2.44. The Labute approximate surface area is 185 Å².